The smallest absolute Gasteiger partial charge is 0.339 e. The molecule has 738 valence electrons. The Kier molecular flexibility index (Phi) is 31.7. The molecule has 0 fully saturated rings. The molecule has 12 aromatic carbocycles. The van der Waals surface area contributed by atoms with Crippen LogP contribution in [0.2, 0.25) is 0 Å². The fraction of sp³-hybridized carbons (Fsp3) is 0.222. The maximum Gasteiger partial charge on any atom is 0.339 e. The number of aromatic amines is 2. The van der Waals surface area contributed by atoms with Crippen LogP contribution in [0, 0.1) is 130 Å². The van der Waals surface area contributed by atoms with Crippen LogP contribution in [0.15, 0.2) is 224 Å². The lowest BCUT2D eigenvalue weighted by Gasteiger charge is -2.17. The Morgan fingerprint density at radius 1 is 0.236 bits per heavy atom. The number of benzene rings is 12. The normalized spacial score (nSPS) is 11.7. The monoisotopic (exact) mass is 2100 g/mol. The van der Waals surface area contributed by atoms with E-state index >= 15 is 35.1 Å². The Morgan fingerprint density at radius 2 is 0.410 bits per heavy atom. The number of nitrogens with one attached hydrogen (secondary N) is 2. The van der Waals surface area contributed by atoms with Gasteiger partial charge in [0, 0.05) is 111 Å². The molecule has 17 rings (SSSR count). The quantitative estimate of drug-likeness (QED) is 0.0172. The van der Waals surface area contributed by atoms with Crippen LogP contribution in [0.5, 0.6) is 0 Å². The second-order valence-corrected chi connectivity index (χ2v) is 42.6. The van der Waals surface area contributed by atoms with Crippen molar-refractivity contribution in [2.45, 2.75) is 161 Å². The van der Waals surface area contributed by atoms with Crippen LogP contribution in [0.4, 0.5) is 35.1 Å². The van der Waals surface area contributed by atoms with Gasteiger partial charge in [-0.25, -0.2) is 84.2 Å². The highest BCUT2D eigenvalue weighted by Crippen LogP contribution is 2.58. The van der Waals surface area contributed by atoms with Gasteiger partial charge >= 0.3 is 23.9 Å². The second-order valence-electron chi connectivity index (χ2n) is 34.2. The summed E-state index contributed by atoms with van der Waals surface area (Å²) in [4.78, 5) is 95.2. The number of hydrogen-bond acceptors (Lipinski definition) is 26. The summed E-state index contributed by atoms with van der Waals surface area (Å²) in [5, 5.41) is -1.31. The zero-order valence-electron chi connectivity index (χ0n) is 80.4. The Hall–Kier alpha value is -12.0. The molecule has 2 aliphatic rings. The molecule has 8 bridgehead atoms. The number of carbonyl (C=O) groups excluding carboxylic acids is 4. The van der Waals surface area contributed by atoms with Crippen molar-refractivity contribution in [2.75, 3.05) is 81.3 Å². The van der Waals surface area contributed by atoms with Gasteiger partial charge in [-0.3, -0.25) is 0 Å². The summed E-state index contributed by atoms with van der Waals surface area (Å²) in [6, 6.07) is 39.6. The Balaban J connectivity index is 1.15. The molecule has 2 N–H and O–H groups in total. The van der Waals surface area contributed by atoms with E-state index in [1.54, 1.807) is 128 Å². The van der Waals surface area contributed by atoms with E-state index < -0.39 is 177 Å². The van der Waals surface area contributed by atoms with Crippen LogP contribution in [-0.2, 0) is 37.9 Å². The number of esters is 4. The third-order valence-electron chi connectivity index (χ3n) is 23.3. The van der Waals surface area contributed by atoms with Crippen LogP contribution in [0.25, 0.3) is 89.7 Å². The minimum atomic E-state index is -1.64. The highest BCUT2D eigenvalue weighted by molar-refractivity contribution is 8.01. The van der Waals surface area contributed by atoms with Crippen molar-refractivity contribution >= 4 is 162 Å². The van der Waals surface area contributed by atoms with E-state index in [1.807, 2.05) is 52.0 Å². The van der Waals surface area contributed by atoms with E-state index in [0.29, 0.717) is 111 Å². The molecule has 3 aromatic heterocycles. The number of H-pyrrole nitrogens is 2. The van der Waals surface area contributed by atoms with Crippen molar-refractivity contribution in [2.24, 2.45) is 0 Å². The Labute approximate surface area is 857 Å². The molecule has 0 atom stereocenters. The molecule has 0 amide bonds. The molecule has 2 aliphatic heterocycles. The van der Waals surface area contributed by atoms with Crippen molar-refractivity contribution in [3.8, 4) is 45.6 Å². The average molecular weight is 2100 g/mol. The lowest BCUT2D eigenvalue weighted by atomic mass is 10.1. The number of rotatable bonds is 32. The number of carbonyl (C=O) groups is 4. The molecule has 0 saturated heterocycles. The third kappa shape index (κ3) is 21.1. The molecule has 15 aromatic rings. The number of aryl methyl sites for hydroxylation is 12. The first-order chi connectivity index (χ1) is 69.1. The molecule has 20 nitrogen and oxygen atoms in total. The molecule has 5 heterocycles. The first kappa shape index (κ1) is 103. The topological polar surface area (TPSA) is 251 Å². The minimum absolute atomic E-state index is 0.0427. The number of ether oxygens (including phenoxy) is 8. The van der Waals surface area contributed by atoms with Gasteiger partial charge in [0.2, 0.25) is 0 Å². The molecule has 0 unspecified atom stereocenters. The predicted molar refractivity (Wildman–Crippen MR) is 546 cm³/mol. The number of halogens is 8. The van der Waals surface area contributed by atoms with Crippen molar-refractivity contribution < 1.29 is 92.2 Å². The van der Waals surface area contributed by atoms with Crippen molar-refractivity contribution in [1.82, 2.24) is 39.9 Å². The van der Waals surface area contributed by atoms with E-state index in [0.717, 1.165) is 69.3 Å². The summed E-state index contributed by atoms with van der Waals surface area (Å²) in [6.45, 7) is 20.1. The van der Waals surface area contributed by atoms with E-state index in [1.165, 1.54) is 77.0 Å². The van der Waals surface area contributed by atoms with Crippen molar-refractivity contribution in [1.29, 1.82) is 0 Å². The first-order valence-corrected chi connectivity index (χ1v) is 51.5. The molecule has 144 heavy (non-hydrogen) atoms. The van der Waals surface area contributed by atoms with Crippen molar-refractivity contribution in [3.05, 3.63) is 281 Å². The molecule has 36 heteroatoms. The first-order valence-electron chi connectivity index (χ1n) is 44.9. The van der Waals surface area contributed by atoms with Gasteiger partial charge in [-0.1, -0.05) is 211 Å². The van der Waals surface area contributed by atoms with Gasteiger partial charge in [-0.15, -0.1) is 0 Å². The lowest BCUT2D eigenvalue weighted by molar-refractivity contribution is 0.0377. The van der Waals surface area contributed by atoms with Crippen LogP contribution in [0.1, 0.15) is 108 Å². The zero-order chi connectivity index (χ0) is 102. The summed E-state index contributed by atoms with van der Waals surface area (Å²) < 4.78 is 200. The van der Waals surface area contributed by atoms with E-state index in [4.69, 9.17) is 67.8 Å². The van der Waals surface area contributed by atoms with Gasteiger partial charge in [0.25, 0.3) is 0 Å². The fourth-order valence-electron chi connectivity index (χ4n) is 16.4. The molecule has 0 spiro atoms. The minimum Gasteiger partial charge on any atom is -0.460 e. The largest absolute Gasteiger partial charge is 0.460 e. The van der Waals surface area contributed by atoms with Gasteiger partial charge in [0.15, 0.2) is 69.8 Å². The summed E-state index contributed by atoms with van der Waals surface area (Å²) in [7, 11) is 5.60. The zero-order valence-corrected chi connectivity index (χ0v) is 86.9. The predicted octanol–water partition coefficient (Wildman–Crippen LogP) is 28.1. The van der Waals surface area contributed by atoms with Gasteiger partial charge in [-0.05, 0) is 178 Å². The van der Waals surface area contributed by atoms with Gasteiger partial charge < -0.3 is 47.9 Å². The Bertz CT molecular complexity index is 7940. The second kappa shape index (κ2) is 44.1. The molecular weight excluding hydrogens is 2010 g/mol. The third-order valence-corrected chi connectivity index (χ3v) is 33.0. The number of methoxy groups -OCH3 is 4. The van der Waals surface area contributed by atoms with E-state index in [-0.39, 0.29) is 117 Å². The van der Waals surface area contributed by atoms with Gasteiger partial charge in [-0.2, -0.15) is 0 Å². The fourth-order valence-corrected chi connectivity index (χ4v) is 24.9. The standard InChI is InChI=1S/C108H90F8N8O12S8/c1-49-17-25-65(57(9)41-49)137-89-73-75(91(83(111)81(89)109)139-67-27-19-51(3)43-59(67)11)99-118-97(73)117-98-74-76(92(140-68-28-20-52(4)44-60(68)12)84(112)82(110)90(74)138-66-26-18-50(2)42-58(66)10)100(119-98)121-102-78-80(96(144-72-32-24-56(8)48-64(72)108(128)136-40-36-132-16)88(116)86(114)94(78)142-70-30-22-54(6)46-62(70)106(126)134-38-34-130-14)104(123-102)124-103-79-77(101(120-99)122-103)93(141-69-29-21-53(5)45-61(69)105(125)133-37-33-129-13)85(113)87(115)95(79)143-71-31-23-55(7)47-63(71)107(127)135-39-35-131-15/h17-32,41-48H,33-40H2,1-16H3,(H2,117,118,119,120,121,122,123,124). The van der Waals surface area contributed by atoms with Gasteiger partial charge in [0.1, 0.15) is 49.0 Å². The maximum atomic E-state index is 19.7. The summed E-state index contributed by atoms with van der Waals surface area (Å²) in [6.07, 6.45) is 0. The molecule has 0 aliphatic carbocycles. The van der Waals surface area contributed by atoms with Crippen LogP contribution >= 0.6 is 94.1 Å². The average Bonchev–Trinajstić information content (AvgIpc) is 1.55. The van der Waals surface area contributed by atoms with Crippen LogP contribution in [0.3, 0.4) is 0 Å². The lowest BCUT2D eigenvalue weighted by Crippen LogP contribution is -2.11. The number of aromatic nitrogens is 8. The summed E-state index contributed by atoms with van der Waals surface area (Å²) >= 11 is 5.30. The van der Waals surface area contributed by atoms with E-state index in [9.17, 15) is 19.2 Å². The highest BCUT2D eigenvalue weighted by Gasteiger charge is 2.41. The molecule has 0 saturated carbocycles. The SMILES string of the molecule is COCCOC(=O)c1cc(C)ccc1Sc1c(F)c(F)c(Sc2ccc(C)cc2C(=O)OCCOC)c2c1-c1nc-2nc2[nH]c(nc3nc(nc4[nH]c(n1)c1c(Sc5ccc(C)cc5C)c(F)c(F)c(Sc5ccc(C)cc5C)c41)-c1c(Sc4ccc(C)cc4C)c(F)c(F)c(Sc4ccc(C)cc4C)c1-3)c1c(Sc3ccc(C)cc3C(=O)OCCOC)c(F)c(F)c(Sc3ccc(C)cc3C(=O)OCCOC)c21. The van der Waals surface area contributed by atoms with Crippen LogP contribution < -0.4 is 0 Å². The van der Waals surface area contributed by atoms with E-state index in [2.05, 4.69) is 9.97 Å². The van der Waals surface area contributed by atoms with Crippen molar-refractivity contribution in [3.63, 3.8) is 0 Å². The summed E-state index contributed by atoms with van der Waals surface area (Å²) in [5.41, 5.74) is 3.80. The maximum absolute atomic E-state index is 19.7. The highest BCUT2D eigenvalue weighted by atomic mass is 32.2. The summed E-state index contributed by atoms with van der Waals surface area (Å²) in [5.74, 6) is -18.1. The number of hydrogen-bond donors (Lipinski definition) is 2. The van der Waals surface area contributed by atoms with Crippen LogP contribution in [-0.4, -0.2) is 145 Å². The number of fused-ring (bicyclic) bond motifs is 20. The van der Waals surface area contributed by atoms with Gasteiger partial charge in [0.05, 0.1) is 87.8 Å². The number of nitrogens with zero attached hydrogens (tertiary/aromatic N) is 6. The molecular formula is C108H90F8N8O12S8. The Morgan fingerprint density at radius 3 is 0.611 bits per heavy atom. The molecule has 0 radical (unpaired) electrons.